The van der Waals surface area contributed by atoms with Gasteiger partial charge in [-0.25, -0.2) is 0 Å². The van der Waals surface area contributed by atoms with Gasteiger partial charge in [-0.05, 0) is 31.2 Å². The van der Waals surface area contributed by atoms with E-state index < -0.39 is 0 Å². The van der Waals surface area contributed by atoms with Gasteiger partial charge in [0.2, 0.25) is 5.91 Å². The van der Waals surface area contributed by atoms with Crippen LogP contribution in [0.5, 0.6) is 11.5 Å². The summed E-state index contributed by atoms with van der Waals surface area (Å²) in [6.07, 6.45) is 1.65. The second-order valence-electron chi connectivity index (χ2n) is 5.22. The van der Waals surface area contributed by atoms with Crippen molar-refractivity contribution in [3.8, 4) is 11.5 Å². The number of hydrogen-bond acceptors (Lipinski definition) is 6. The van der Waals surface area contributed by atoms with Crippen molar-refractivity contribution in [2.24, 2.45) is 7.05 Å². The summed E-state index contributed by atoms with van der Waals surface area (Å²) in [5.74, 6) is 2.10. The molecule has 0 bridgehead atoms. The van der Waals surface area contributed by atoms with Crippen LogP contribution in [0.4, 0.5) is 0 Å². The highest BCUT2D eigenvalue weighted by molar-refractivity contribution is 8.00. The second kappa shape index (κ2) is 9.12. The van der Waals surface area contributed by atoms with E-state index in [1.807, 2.05) is 42.8 Å². The fourth-order valence-corrected chi connectivity index (χ4v) is 2.78. The van der Waals surface area contributed by atoms with Gasteiger partial charge in [-0.3, -0.25) is 4.79 Å². The zero-order chi connectivity index (χ0) is 18.2. The van der Waals surface area contributed by atoms with E-state index in [0.29, 0.717) is 17.5 Å². The van der Waals surface area contributed by atoms with Gasteiger partial charge < -0.3 is 19.4 Å². The number of benzene rings is 1. The van der Waals surface area contributed by atoms with Gasteiger partial charge in [-0.1, -0.05) is 17.8 Å². The van der Waals surface area contributed by atoms with Gasteiger partial charge in [0.15, 0.2) is 11.0 Å². The Morgan fingerprint density at radius 2 is 2.04 bits per heavy atom. The molecule has 0 saturated carbocycles. The first-order valence-electron chi connectivity index (χ1n) is 7.75. The average molecular weight is 362 g/mol. The SMILES string of the molecule is C=CCNC(=O)[C@@H](C)Sc1nnc(COc2ccc(OC)cc2)n1C. The van der Waals surface area contributed by atoms with Gasteiger partial charge >= 0.3 is 0 Å². The molecule has 7 nitrogen and oxygen atoms in total. The molecular weight excluding hydrogens is 340 g/mol. The summed E-state index contributed by atoms with van der Waals surface area (Å²) in [6, 6.07) is 7.32. The van der Waals surface area contributed by atoms with Crippen LogP contribution in [-0.4, -0.2) is 39.6 Å². The molecule has 25 heavy (non-hydrogen) atoms. The largest absolute Gasteiger partial charge is 0.497 e. The van der Waals surface area contributed by atoms with Gasteiger partial charge in [-0.2, -0.15) is 0 Å². The third-order valence-electron chi connectivity index (χ3n) is 3.42. The fraction of sp³-hybridized carbons (Fsp3) is 0.353. The zero-order valence-electron chi connectivity index (χ0n) is 14.6. The number of thioether (sulfide) groups is 1. The highest BCUT2D eigenvalue weighted by Crippen LogP contribution is 2.22. The Hall–Kier alpha value is -2.48. The maximum absolute atomic E-state index is 11.9. The first-order chi connectivity index (χ1) is 12.0. The van der Waals surface area contributed by atoms with E-state index >= 15 is 0 Å². The van der Waals surface area contributed by atoms with Crippen LogP contribution in [-0.2, 0) is 18.4 Å². The predicted molar refractivity (Wildman–Crippen MR) is 96.9 cm³/mol. The summed E-state index contributed by atoms with van der Waals surface area (Å²) in [5, 5.41) is 11.4. The number of methoxy groups -OCH3 is 1. The Morgan fingerprint density at radius 3 is 2.68 bits per heavy atom. The van der Waals surface area contributed by atoms with Crippen LogP contribution >= 0.6 is 11.8 Å². The van der Waals surface area contributed by atoms with Crippen molar-refractivity contribution in [3.05, 3.63) is 42.7 Å². The molecule has 1 N–H and O–H groups in total. The summed E-state index contributed by atoms with van der Waals surface area (Å²) in [5.41, 5.74) is 0. The van der Waals surface area contributed by atoms with E-state index in [1.165, 1.54) is 11.8 Å². The Labute approximate surface area is 151 Å². The van der Waals surface area contributed by atoms with Crippen LogP contribution in [0.25, 0.3) is 0 Å². The Morgan fingerprint density at radius 1 is 1.36 bits per heavy atom. The molecule has 0 fully saturated rings. The number of carbonyl (C=O) groups excluding carboxylic acids is 1. The number of aromatic nitrogens is 3. The summed E-state index contributed by atoms with van der Waals surface area (Å²) >= 11 is 1.35. The van der Waals surface area contributed by atoms with Crippen molar-refractivity contribution < 1.29 is 14.3 Å². The smallest absolute Gasteiger partial charge is 0.233 e. The molecule has 1 amide bonds. The molecule has 0 saturated heterocycles. The molecule has 1 aromatic carbocycles. The summed E-state index contributed by atoms with van der Waals surface area (Å²) < 4.78 is 12.6. The number of rotatable bonds is 9. The molecule has 0 spiro atoms. The van der Waals surface area contributed by atoms with Crippen molar-refractivity contribution in [2.75, 3.05) is 13.7 Å². The molecule has 0 radical (unpaired) electrons. The van der Waals surface area contributed by atoms with Gasteiger partial charge in [0.05, 0.1) is 12.4 Å². The first-order valence-corrected chi connectivity index (χ1v) is 8.63. The molecule has 8 heteroatoms. The lowest BCUT2D eigenvalue weighted by atomic mass is 10.3. The summed E-state index contributed by atoms with van der Waals surface area (Å²) in [6.45, 7) is 6.14. The van der Waals surface area contributed by atoms with Crippen molar-refractivity contribution in [1.82, 2.24) is 20.1 Å². The van der Waals surface area contributed by atoms with Crippen LogP contribution in [0.3, 0.4) is 0 Å². The predicted octanol–water partition coefficient (Wildman–Crippen LogP) is 2.19. The quantitative estimate of drug-likeness (QED) is 0.544. The topological polar surface area (TPSA) is 78.3 Å². The minimum atomic E-state index is -0.279. The minimum absolute atomic E-state index is 0.0658. The summed E-state index contributed by atoms with van der Waals surface area (Å²) in [7, 11) is 3.47. The Balaban J connectivity index is 1.93. The van der Waals surface area contributed by atoms with Crippen molar-refractivity contribution in [3.63, 3.8) is 0 Å². The molecule has 0 aliphatic rings. The summed E-state index contributed by atoms with van der Waals surface area (Å²) in [4.78, 5) is 11.9. The number of carbonyl (C=O) groups is 1. The normalized spacial score (nSPS) is 11.6. The maximum atomic E-state index is 11.9. The fourth-order valence-electron chi connectivity index (χ4n) is 1.92. The van der Waals surface area contributed by atoms with Crippen LogP contribution in [0, 0.1) is 0 Å². The minimum Gasteiger partial charge on any atom is -0.497 e. The number of nitrogens with zero attached hydrogens (tertiary/aromatic N) is 3. The molecule has 2 aromatic rings. The standard InChI is InChI=1S/C17H22N4O3S/c1-5-10-18-16(22)12(2)25-17-20-19-15(21(17)3)11-24-14-8-6-13(23-4)7-9-14/h5-9,12H,1,10-11H2,2-4H3,(H,18,22)/t12-/m1/s1. The highest BCUT2D eigenvalue weighted by atomic mass is 32.2. The van der Waals surface area contributed by atoms with Gasteiger partial charge in [0.25, 0.3) is 0 Å². The second-order valence-corrected chi connectivity index (χ2v) is 6.52. The number of ether oxygens (including phenoxy) is 2. The monoisotopic (exact) mass is 362 g/mol. The van der Waals surface area contributed by atoms with E-state index in [0.717, 1.165) is 11.5 Å². The lowest BCUT2D eigenvalue weighted by Gasteiger charge is -2.11. The Kier molecular flexibility index (Phi) is 6.88. The number of nitrogens with one attached hydrogen (secondary N) is 1. The lowest BCUT2D eigenvalue weighted by Crippen LogP contribution is -2.31. The van der Waals surface area contributed by atoms with E-state index in [9.17, 15) is 4.79 Å². The van der Waals surface area contributed by atoms with E-state index in [1.54, 1.807) is 13.2 Å². The molecule has 0 unspecified atom stereocenters. The third-order valence-corrected chi connectivity index (χ3v) is 4.56. The van der Waals surface area contributed by atoms with Crippen molar-refractivity contribution in [1.29, 1.82) is 0 Å². The van der Waals surface area contributed by atoms with Crippen molar-refractivity contribution in [2.45, 2.75) is 23.9 Å². The molecule has 0 aliphatic heterocycles. The molecule has 1 atom stereocenters. The lowest BCUT2D eigenvalue weighted by molar-refractivity contribution is -0.120. The van der Waals surface area contributed by atoms with Gasteiger partial charge in [-0.15, -0.1) is 16.8 Å². The van der Waals surface area contributed by atoms with Gasteiger partial charge in [0.1, 0.15) is 18.1 Å². The average Bonchev–Trinajstić information content (AvgIpc) is 2.98. The molecule has 134 valence electrons. The van der Waals surface area contributed by atoms with E-state index in [4.69, 9.17) is 9.47 Å². The number of hydrogen-bond donors (Lipinski definition) is 1. The Bertz CT molecular complexity index is 715. The van der Waals surface area contributed by atoms with Crippen LogP contribution in [0.15, 0.2) is 42.1 Å². The van der Waals surface area contributed by atoms with Crippen LogP contribution < -0.4 is 14.8 Å². The van der Waals surface area contributed by atoms with E-state index in [-0.39, 0.29) is 17.8 Å². The van der Waals surface area contributed by atoms with Crippen LogP contribution in [0.2, 0.25) is 0 Å². The van der Waals surface area contributed by atoms with Gasteiger partial charge in [0, 0.05) is 13.6 Å². The molecule has 1 aromatic heterocycles. The molecule has 2 rings (SSSR count). The highest BCUT2D eigenvalue weighted by Gasteiger charge is 2.18. The van der Waals surface area contributed by atoms with Crippen LogP contribution in [0.1, 0.15) is 12.7 Å². The molecule has 0 aliphatic carbocycles. The first kappa shape index (κ1) is 18.9. The van der Waals surface area contributed by atoms with E-state index in [2.05, 4.69) is 22.1 Å². The maximum Gasteiger partial charge on any atom is 0.233 e. The molecule has 1 heterocycles. The third kappa shape index (κ3) is 5.25. The molecular formula is C17H22N4O3S. The zero-order valence-corrected chi connectivity index (χ0v) is 15.4. The van der Waals surface area contributed by atoms with Crippen molar-refractivity contribution >= 4 is 17.7 Å². The number of amides is 1.